The van der Waals surface area contributed by atoms with Gasteiger partial charge in [0.25, 0.3) is 0 Å². The van der Waals surface area contributed by atoms with Crippen molar-refractivity contribution in [1.29, 1.82) is 0 Å². The summed E-state index contributed by atoms with van der Waals surface area (Å²) in [6, 6.07) is 67.3. The molecule has 3 heteroatoms. The van der Waals surface area contributed by atoms with Gasteiger partial charge in [0.2, 0.25) is 0 Å². The molecule has 0 fully saturated rings. The molecule has 8 aromatic carbocycles. The van der Waals surface area contributed by atoms with Gasteiger partial charge in [-0.1, -0.05) is 152 Å². The van der Waals surface area contributed by atoms with E-state index in [-0.39, 0.29) is 0 Å². The molecular formula is C50H34N2O. The van der Waals surface area contributed by atoms with E-state index in [1.165, 1.54) is 21.5 Å². The Hall–Kier alpha value is -6.97. The molecule has 10 rings (SSSR count). The van der Waals surface area contributed by atoms with Crippen LogP contribution in [0.15, 0.2) is 188 Å². The molecule has 0 radical (unpaired) electrons. The van der Waals surface area contributed by atoms with E-state index in [0.29, 0.717) is 0 Å². The summed E-state index contributed by atoms with van der Waals surface area (Å²) in [4.78, 5) is 0. The van der Waals surface area contributed by atoms with Gasteiger partial charge in [0.1, 0.15) is 11.4 Å². The highest BCUT2D eigenvalue weighted by molar-refractivity contribution is 6.18. The Balaban J connectivity index is 1.41. The van der Waals surface area contributed by atoms with Gasteiger partial charge >= 0.3 is 0 Å². The first kappa shape index (κ1) is 30.8. The quantitative estimate of drug-likeness (QED) is 0.164. The first-order chi connectivity index (χ1) is 26.2. The summed E-state index contributed by atoms with van der Waals surface area (Å²) in [7, 11) is 1.71. The van der Waals surface area contributed by atoms with Gasteiger partial charge in [0, 0.05) is 22.1 Å². The summed E-state index contributed by atoms with van der Waals surface area (Å²) in [6.07, 6.45) is 0. The maximum Gasteiger partial charge on any atom is 0.118 e. The summed E-state index contributed by atoms with van der Waals surface area (Å²) >= 11 is 0. The molecule has 0 atom stereocenters. The molecule has 0 aliphatic rings. The van der Waals surface area contributed by atoms with Crippen LogP contribution in [0.1, 0.15) is 0 Å². The predicted octanol–water partition coefficient (Wildman–Crippen LogP) is 13.1. The minimum atomic E-state index is 0.837. The maximum atomic E-state index is 5.69. The molecule has 0 aliphatic heterocycles. The van der Waals surface area contributed by atoms with E-state index < -0.39 is 0 Å². The Morgan fingerprint density at radius 1 is 0.415 bits per heavy atom. The molecule has 2 aromatic heterocycles. The second-order valence-electron chi connectivity index (χ2n) is 13.5. The lowest BCUT2D eigenvalue weighted by molar-refractivity contribution is 0.415. The lowest BCUT2D eigenvalue weighted by Gasteiger charge is -2.16. The molecule has 2 heterocycles. The first-order valence-corrected chi connectivity index (χ1v) is 18.0. The van der Waals surface area contributed by atoms with Gasteiger partial charge in [0.05, 0.1) is 18.3 Å². The molecule has 250 valence electrons. The highest BCUT2D eigenvalue weighted by Gasteiger charge is 2.25. The normalized spacial score (nSPS) is 11.5. The number of aromatic nitrogens is 2. The van der Waals surface area contributed by atoms with Crippen molar-refractivity contribution in [3.05, 3.63) is 188 Å². The molecule has 0 bridgehead atoms. The molecular weight excluding hydrogens is 645 g/mol. The molecule has 0 N–H and O–H groups in total. The van der Waals surface area contributed by atoms with Crippen LogP contribution in [0.5, 0.6) is 5.75 Å². The predicted molar refractivity (Wildman–Crippen MR) is 221 cm³/mol. The van der Waals surface area contributed by atoms with Crippen LogP contribution in [0, 0.1) is 0 Å². The van der Waals surface area contributed by atoms with E-state index in [0.717, 1.165) is 77.9 Å². The number of pyridine rings is 1. The standard InChI is InChI=1S/C50H34N2O/c1-53-40-27-25-34(26-28-40)43-30-39-31-46(35-17-7-3-8-18-35)52-50(45(39)32-44(43)33-15-5-2-6-16-33)47(36-19-9-4-10-20-36)49(51-52)48-41-23-13-11-21-37(41)29-38-22-12-14-24-42(38)48/h2-32H,1H3. The van der Waals surface area contributed by atoms with Crippen molar-refractivity contribution in [2.45, 2.75) is 0 Å². The average Bonchev–Trinajstić information content (AvgIpc) is 3.63. The molecule has 0 saturated carbocycles. The Bertz CT molecular complexity index is 2890. The van der Waals surface area contributed by atoms with Crippen molar-refractivity contribution in [3.63, 3.8) is 0 Å². The van der Waals surface area contributed by atoms with Gasteiger partial charge in [-0.2, -0.15) is 5.10 Å². The monoisotopic (exact) mass is 678 g/mol. The summed E-state index contributed by atoms with van der Waals surface area (Å²) in [5, 5.41) is 12.7. The summed E-state index contributed by atoms with van der Waals surface area (Å²) in [5.41, 5.74) is 12.2. The second kappa shape index (κ2) is 12.7. The highest BCUT2D eigenvalue weighted by Crippen LogP contribution is 2.47. The van der Waals surface area contributed by atoms with Crippen molar-refractivity contribution >= 4 is 37.8 Å². The Labute approximate surface area is 308 Å². The lowest BCUT2D eigenvalue weighted by Crippen LogP contribution is -1.97. The van der Waals surface area contributed by atoms with Crippen LogP contribution in [0.25, 0.3) is 93.7 Å². The summed E-state index contributed by atoms with van der Waals surface area (Å²) in [6.45, 7) is 0. The van der Waals surface area contributed by atoms with E-state index >= 15 is 0 Å². The topological polar surface area (TPSA) is 26.5 Å². The van der Waals surface area contributed by atoms with Crippen LogP contribution in [0.3, 0.4) is 0 Å². The molecule has 0 aliphatic carbocycles. The van der Waals surface area contributed by atoms with E-state index in [1.54, 1.807) is 7.11 Å². The van der Waals surface area contributed by atoms with Crippen molar-refractivity contribution in [2.75, 3.05) is 7.11 Å². The molecule has 10 aromatic rings. The molecule has 0 unspecified atom stereocenters. The summed E-state index contributed by atoms with van der Waals surface area (Å²) in [5.74, 6) is 0.837. The fraction of sp³-hybridized carbons (Fsp3) is 0.0200. The number of methoxy groups -OCH3 is 1. The number of benzene rings is 8. The van der Waals surface area contributed by atoms with Crippen LogP contribution in [-0.2, 0) is 0 Å². The van der Waals surface area contributed by atoms with Gasteiger partial charge in [0.15, 0.2) is 0 Å². The van der Waals surface area contributed by atoms with E-state index in [4.69, 9.17) is 9.84 Å². The van der Waals surface area contributed by atoms with Crippen molar-refractivity contribution in [1.82, 2.24) is 9.61 Å². The molecule has 0 amide bonds. The molecule has 0 spiro atoms. The Morgan fingerprint density at radius 3 is 1.57 bits per heavy atom. The highest BCUT2D eigenvalue weighted by atomic mass is 16.5. The fourth-order valence-electron chi connectivity index (χ4n) is 7.99. The van der Waals surface area contributed by atoms with Crippen molar-refractivity contribution in [2.24, 2.45) is 0 Å². The van der Waals surface area contributed by atoms with E-state index in [2.05, 4.69) is 180 Å². The van der Waals surface area contributed by atoms with Crippen molar-refractivity contribution < 1.29 is 4.74 Å². The van der Waals surface area contributed by atoms with E-state index in [1.807, 2.05) is 12.1 Å². The summed E-state index contributed by atoms with van der Waals surface area (Å²) < 4.78 is 7.74. The third kappa shape index (κ3) is 5.17. The number of nitrogens with zero attached hydrogens (tertiary/aromatic N) is 2. The minimum Gasteiger partial charge on any atom is -0.497 e. The van der Waals surface area contributed by atoms with Gasteiger partial charge in [-0.15, -0.1) is 0 Å². The third-order valence-corrected chi connectivity index (χ3v) is 10.5. The number of ether oxygens (including phenoxy) is 1. The van der Waals surface area contributed by atoms with E-state index in [9.17, 15) is 0 Å². The third-order valence-electron chi connectivity index (χ3n) is 10.5. The lowest BCUT2D eigenvalue weighted by atomic mass is 9.88. The van der Waals surface area contributed by atoms with Crippen LogP contribution < -0.4 is 4.74 Å². The Morgan fingerprint density at radius 2 is 0.943 bits per heavy atom. The SMILES string of the molecule is COc1ccc(-c2cc3cc(-c4ccccc4)n4nc(-c5c6ccccc6cc6ccccc56)c(-c5ccccc5)c4c3cc2-c2ccccc2)cc1. The molecule has 53 heavy (non-hydrogen) atoms. The van der Waals surface area contributed by atoms with Crippen LogP contribution >= 0.6 is 0 Å². The zero-order chi connectivity index (χ0) is 35.3. The number of hydrogen-bond acceptors (Lipinski definition) is 2. The number of rotatable bonds is 6. The minimum absolute atomic E-state index is 0.837. The van der Waals surface area contributed by atoms with Crippen molar-refractivity contribution in [3.8, 4) is 61.6 Å². The average molecular weight is 679 g/mol. The number of hydrogen-bond donors (Lipinski definition) is 0. The Kier molecular flexibility index (Phi) is 7.36. The first-order valence-electron chi connectivity index (χ1n) is 18.0. The van der Waals surface area contributed by atoms with Crippen LogP contribution in [0.4, 0.5) is 0 Å². The molecule has 0 saturated heterocycles. The van der Waals surface area contributed by atoms with Gasteiger partial charge in [-0.25, -0.2) is 4.52 Å². The van der Waals surface area contributed by atoms with Crippen LogP contribution in [0.2, 0.25) is 0 Å². The van der Waals surface area contributed by atoms with Gasteiger partial charge in [-0.05, 0) is 91.1 Å². The maximum absolute atomic E-state index is 5.69. The second-order valence-corrected chi connectivity index (χ2v) is 13.5. The smallest absolute Gasteiger partial charge is 0.118 e. The van der Waals surface area contributed by atoms with Gasteiger partial charge in [-0.3, -0.25) is 0 Å². The molecule has 3 nitrogen and oxygen atoms in total. The largest absolute Gasteiger partial charge is 0.497 e. The van der Waals surface area contributed by atoms with Gasteiger partial charge < -0.3 is 4.74 Å². The number of fused-ring (bicyclic) bond motifs is 5. The fourth-order valence-corrected chi connectivity index (χ4v) is 7.99. The van der Waals surface area contributed by atoms with Crippen LogP contribution in [-0.4, -0.2) is 16.7 Å². The zero-order valence-corrected chi connectivity index (χ0v) is 29.2. The zero-order valence-electron chi connectivity index (χ0n) is 29.2.